The molecular weight excluding hydrogens is 325 g/mol. The predicted molar refractivity (Wildman–Crippen MR) is 78.2 cm³/mol. The number of aromatic nitrogens is 2. The van der Waals surface area contributed by atoms with Gasteiger partial charge in [-0.25, -0.2) is 4.98 Å². The van der Waals surface area contributed by atoms with Crippen LogP contribution in [-0.2, 0) is 11.3 Å². The molecule has 0 aromatic carbocycles. The standard InChI is InChI=1S/C15H15F3N4O2/c16-15(17,18)14(24)19-6-1-2-7-21-9-10-4-3-5-12-20-8-11(13(21)23)22(10)12/h3-5,8H,1-2,6-7,9H2,(H,19,24). The van der Waals surface area contributed by atoms with Crippen molar-refractivity contribution < 1.29 is 22.8 Å². The average Bonchev–Trinajstić information content (AvgIpc) is 2.96. The Bertz CT molecular complexity index is 785. The van der Waals surface area contributed by atoms with Gasteiger partial charge in [-0.3, -0.25) is 14.0 Å². The molecule has 1 N–H and O–H groups in total. The number of hydrogen-bond donors (Lipinski definition) is 1. The maximum absolute atomic E-state index is 12.4. The molecule has 0 saturated heterocycles. The number of pyridine rings is 1. The maximum Gasteiger partial charge on any atom is 0.471 e. The Kier molecular flexibility index (Phi) is 4.16. The van der Waals surface area contributed by atoms with E-state index in [4.69, 9.17) is 0 Å². The van der Waals surface area contributed by atoms with Gasteiger partial charge in [0.15, 0.2) is 0 Å². The number of hydrogen-bond acceptors (Lipinski definition) is 3. The Labute approximate surface area is 135 Å². The smallest absolute Gasteiger partial charge is 0.348 e. The van der Waals surface area contributed by atoms with Gasteiger partial charge in [-0.1, -0.05) is 6.07 Å². The van der Waals surface area contributed by atoms with Crippen molar-refractivity contribution in [2.75, 3.05) is 13.1 Å². The fourth-order valence-corrected chi connectivity index (χ4v) is 2.72. The first-order valence-corrected chi connectivity index (χ1v) is 7.47. The van der Waals surface area contributed by atoms with Crippen LogP contribution in [0, 0.1) is 0 Å². The van der Waals surface area contributed by atoms with Crippen LogP contribution in [0.5, 0.6) is 0 Å². The molecule has 3 heterocycles. The number of nitrogens with zero attached hydrogens (tertiary/aromatic N) is 3. The topological polar surface area (TPSA) is 66.7 Å². The Morgan fingerprint density at radius 1 is 1.29 bits per heavy atom. The first-order valence-electron chi connectivity index (χ1n) is 7.47. The van der Waals surface area contributed by atoms with E-state index in [2.05, 4.69) is 4.98 Å². The molecule has 0 saturated carbocycles. The molecule has 1 aliphatic rings. The summed E-state index contributed by atoms with van der Waals surface area (Å²) in [6, 6.07) is 5.59. The molecule has 128 valence electrons. The molecule has 9 heteroatoms. The summed E-state index contributed by atoms with van der Waals surface area (Å²) < 4.78 is 37.9. The lowest BCUT2D eigenvalue weighted by molar-refractivity contribution is -0.173. The third kappa shape index (κ3) is 3.06. The van der Waals surface area contributed by atoms with Gasteiger partial charge in [-0.2, -0.15) is 13.2 Å². The molecule has 1 aliphatic heterocycles. The first-order chi connectivity index (χ1) is 11.4. The van der Waals surface area contributed by atoms with Crippen LogP contribution in [0.15, 0.2) is 24.4 Å². The number of alkyl halides is 3. The number of imidazole rings is 1. The summed E-state index contributed by atoms with van der Waals surface area (Å²) in [7, 11) is 0. The van der Waals surface area contributed by atoms with Crippen molar-refractivity contribution in [1.82, 2.24) is 19.6 Å². The van der Waals surface area contributed by atoms with Crippen LogP contribution >= 0.6 is 0 Å². The van der Waals surface area contributed by atoms with Gasteiger partial charge in [-0.05, 0) is 25.0 Å². The van der Waals surface area contributed by atoms with Crippen LogP contribution < -0.4 is 5.32 Å². The number of unbranched alkanes of at least 4 members (excludes halogenated alkanes) is 1. The molecule has 0 bridgehead atoms. The molecule has 0 fully saturated rings. The second-order valence-electron chi connectivity index (χ2n) is 5.54. The molecule has 0 aliphatic carbocycles. The van der Waals surface area contributed by atoms with E-state index >= 15 is 0 Å². The van der Waals surface area contributed by atoms with E-state index in [1.165, 1.54) is 6.20 Å². The lowest BCUT2D eigenvalue weighted by Gasteiger charge is -2.27. The normalized spacial score (nSPS) is 14.3. The first kappa shape index (κ1) is 16.3. The molecule has 0 spiro atoms. The largest absolute Gasteiger partial charge is 0.471 e. The second-order valence-corrected chi connectivity index (χ2v) is 5.54. The summed E-state index contributed by atoms with van der Waals surface area (Å²) in [5.41, 5.74) is 2.13. The van der Waals surface area contributed by atoms with Crippen LogP contribution in [0.2, 0.25) is 0 Å². The van der Waals surface area contributed by atoms with Crippen LogP contribution in [0.3, 0.4) is 0 Å². The van der Waals surface area contributed by atoms with Gasteiger partial charge in [0.2, 0.25) is 0 Å². The number of halogens is 3. The van der Waals surface area contributed by atoms with Crippen LogP contribution in [-0.4, -0.2) is 45.4 Å². The average molecular weight is 340 g/mol. The van der Waals surface area contributed by atoms with Gasteiger partial charge >= 0.3 is 12.1 Å². The Balaban J connectivity index is 1.53. The number of carbonyl (C=O) groups excluding carboxylic acids is 2. The van der Waals surface area contributed by atoms with Gasteiger partial charge in [0.05, 0.1) is 12.7 Å². The van der Waals surface area contributed by atoms with E-state index in [1.807, 2.05) is 27.9 Å². The predicted octanol–water partition coefficient (Wildman–Crippen LogP) is 1.75. The minimum absolute atomic E-state index is 0.0755. The summed E-state index contributed by atoms with van der Waals surface area (Å²) >= 11 is 0. The highest BCUT2D eigenvalue weighted by atomic mass is 19.4. The molecule has 0 atom stereocenters. The molecule has 24 heavy (non-hydrogen) atoms. The van der Waals surface area contributed by atoms with Crippen molar-refractivity contribution >= 4 is 17.5 Å². The molecule has 2 aromatic heterocycles. The van der Waals surface area contributed by atoms with Crippen molar-refractivity contribution in [2.45, 2.75) is 25.6 Å². The molecule has 2 aromatic rings. The van der Waals surface area contributed by atoms with Gasteiger partial charge in [-0.15, -0.1) is 0 Å². The number of amides is 2. The summed E-state index contributed by atoms with van der Waals surface area (Å²) in [6.07, 6.45) is -2.49. The van der Waals surface area contributed by atoms with Gasteiger partial charge in [0.25, 0.3) is 5.91 Å². The maximum atomic E-state index is 12.4. The number of nitrogens with one attached hydrogen (secondary N) is 1. The van der Waals surface area contributed by atoms with Crippen LogP contribution in [0.1, 0.15) is 29.0 Å². The summed E-state index contributed by atoms with van der Waals surface area (Å²) in [6.45, 7) is 0.755. The highest BCUT2D eigenvalue weighted by Gasteiger charge is 2.38. The molecule has 0 radical (unpaired) electrons. The molecule has 0 unspecified atom stereocenters. The van der Waals surface area contributed by atoms with Gasteiger partial charge in [0, 0.05) is 18.8 Å². The molecular formula is C15H15F3N4O2. The van der Waals surface area contributed by atoms with Crippen molar-refractivity contribution in [3.05, 3.63) is 35.8 Å². The third-order valence-electron chi connectivity index (χ3n) is 3.87. The lowest BCUT2D eigenvalue weighted by Crippen LogP contribution is -2.38. The van der Waals surface area contributed by atoms with Crippen molar-refractivity contribution in [1.29, 1.82) is 0 Å². The second kappa shape index (κ2) is 6.14. The zero-order chi connectivity index (χ0) is 17.3. The minimum atomic E-state index is -4.86. The van der Waals surface area contributed by atoms with E-state index in [0.717, 1.165) is 5.69 Å². The van der Waals surface area contributed by atoms with Crippen molar-refractivity contribution in [2.24, 2.45) is 0 Å². The number of rotatable bonds is 5. The van der Waals surface area contributed by atoms with E-state index in [-0.39, 0.29) is 12.5 Å². The monoisotopic (exact) mass is 340 g/mol. The molecule has 3 rings (SSSR count). The van der Waals surface area contributed by atoms with Crippen LogP contribution in [0.4, 0.5) is 13.2 Å². The van der Waals surface area contributed by atoms with Crippen LogP contribution in [0.25, 0.3) is 5.65 Å². The summed E-state index contributed by atoms with van der Waals surface area (Å²) in [5.74, 6) is -2.09. The van der Waals surface area contributed by atoms with E-state index in [0.29, 0.717) is 37.3 Å². The third-order valence-corrected chi connectivity index (χ3v) is 3.87. The number of carbonyl (C=O) groups is 2. The summed E-state index contributed by atoms with van der Waals surface area (Å²) in [5, 5.41) is 1.82. The van der Waals surface area contributed by atoms with E-state index < -0.39 is 12.1 Å². The van der Waals surface area contributed by atoms with E-state index in [9.17, 15) is 22.8 Å². The lowest BCUT2D eigenvalue weighted by atomic mass is 10.2. The Morgan fingerprint density at radius 3 is 2.83 bits per heavy atom. The highest BCUT2D eigenvalue weighted by Crippen LogP contribution is 2.20. The Morgan fingerprint density at radius 2 is 2.08 bits per heavy atom. The van der Waals surface area contributed by atoms with Gasteiger partial charge in [0.1, 0.15) is 11.3 Å². The zero-order valence-electron chi connectivity index (χ0n) is 12.6. The fourth-order valence-electron chi connectivity index (χ4n) is 2.72. The SMILES string of the molecule is O=C1c2cnc3cccc(n23)CN1CCCCNC(=O)C(F)(F)F. The Hall–Kier alpha value is -2.58. The molecule has 6 nitrogen and oxygen atoms in total. The minimum Gasteiger partial charge on any atom is -0.348 e. The quantitative estimate of drug-likeness (QED) is 0.844. The fraction of sp³-hybridized carbons (Fsp3) is 0.400. The zero-order valence-corrected chi connectivity index (χ0v) is 12.6. The van der Waals surface area contributed by atoms with Crippen molar-refractivity contribution in [3.63, 3.8) is 0 Å². The van der Waals surface area contributed by atoms with E-state index in [1.54, 1.807) is 4.90 Å². The molecule has 2 amide bonds. The summed E-state index contributed by atoms with van der Waals surface area (Å²) in [4.78, 5) is 28.9. The van der Waals surface area contributed by atoms with Gasteiger partial charge < -0.3 is 10.2 Å². The highest BCUT2D eigenvalue weighted by molar-refractivity contribution is 5.94. The van der Waals surface area contributed by atoms with Crippen molar-refractivity contribution in [3.8, 4) is 0 Å².